The van der Waals surface area contributed by atoms with E-state index in [0.29, 0.717) is 40.1 Å². The summed E-state index contributed by atoms with van der Waals surface area (Å²) in [5.74, 6) is 0.0652. The van der Waals surface area contributed by atoms with E-state index in [1.54, 1.807) is 12.1 Å². The Kier molecular flexibility index (Phi) is 4.57. The molecule has 4 aromatic rings. The van der Waals surface area contributed by atoms with E-state index in [9.17, 15) is 9.18 Å². The quantitative estimate of drug-likeness (QED) is 0.384. The van der Waals surface area contributed by atoms with Crippen LogP contribution >= 0.6 is 11.6 Å². The van der Waals surface area contributed by atoms with Gasteiger partial charge < -0.3 is 4.74 Å². The lowest BCUT2D eigenvalue weighted by Gasteiger charge is -2.07. The number of fused-ring (bicyclic) bond motifs is 3. The van der Waals surface area contributed by atoms with Gasteiger partial charge in [0.15, 0.2) is 5.78 Å². The number of benzene rings is 3. The van der Waals surface area contributed by atoms with Crippen LogP contribution in [0.25, 0.3) is 23.1 Å². The minimum atomic E-state index is -0.465. The van der Waals surface area contributed by atoms with Crippen molar-refractivity contribution in [1.29, 1.82) is 0 Å². The Balaban J connectivity index is 1.48. The monoisotopic (exact) mass is 415 g/mol. The molecule has 5 rings (SSSR count). The van der Waals surface area contributed by atoms with E-state index >= 15 is 0 Å². The lowest BCUT2D eigenvalue weighted by atomic mass is 9.98. The molecule has 3 aromatic carbocycles. The smallest absolute Gasteiger partial charge is 0.197 e. The van der Waals surface area contributed by atoms with Crippen LogP contribution in [0, 0.1) is 5.82 Å². The number of nitrogens with zero attached hydrogens (tertiary/aromatic N) is 1. The number of ether oxygens (including phenoxy) is 1. The minimum absolute atomic E-state index is 0.0423. The second-order valence-electron chi connectivity index (χ2n) is 7.06. The van der Waals surface area contributed by atoms with Gasteiger partial charge in [-0.2, -0.15) is 0 Å². The molecule has 1 aliphatic heterocycles. The average molecular weight is 416 g/mol. The fourth-order valence-electron chi connectivity index (χ4n) is 3.53. The van der Waals surface area contributed by atoms with Gasteiger partial charge in [-0.15, -0.1) is 0 Å². The molecule has 0 spiro atoms. The molecule has 5 heteroatoms. The maximum Gasteiger partial charge on any atom is 0.197 e. The molecule has 1 aromatic heterocycles. The highest BCUT2D eigenvalue weighted by Crippen LogP contribution is 2.30. The molecule has 0 fully saturated rings. The van der Waals surface area contributed by atoms with Crippen LogP contribution in [-0.2, 0) is 6.61 Å². The Labute approximate surface area is 177 Å². The molecule has 2 heterocycles. The summed E-state index contributed by atoms with van der Waals surface area (Å²) in [6.45, 7) is 0.369. The van der Waals surface area contributed by atoms with E-state index in [4.69, 9.17) is 16.3 Å². The van der Waals surface area contributed by atoms with Crippen LogP contribution < -0.4 is 4.74 Å². The highest BCUT2D eigenvalue weighted by molar-refractivity contribution is 6.31. The van der Waals surface area contributed by atoms with Crippen LogP contribution in [0.2, 0.25) is 5.02 Å². The first kappa shape index (κ1) is 18.5. The van der Waals surface area contributed by atoms with E-state index in [-0.39, 0.29) is 10.8 Å². The zero-order valence-corrected chi connectivity index (χ0v) is 16.5. The fourth-order valence-corrected chi connectivity index (χ4v) is 3.69. The second-order valence-corrected chi connectivity index (χ2v) is 7.47. The third-order valence-electron chi connectivity index (χ3n) is 5.09. The molecule has 30 heavy (non-hydrogen) atoms. The molecule has 0 amide bonds. The van der Waals surface area contributed by atoms with Gasteiger partial charge >= 0.3 is 0 Å². The van der Waals surface area contributed by atoms with E-state index in [1.165, 1.54) is 12.1 Å². The van der Waals surface area contributed by atoms with Crippen molar-refractivity contribution in [2.24, 2.45) is 0 Å². The molecule has 146 valence electrons. The molecule has 1 aliphatic rings. The van der Waals surface area contributed by atoms with Gasteiger partial charge in [-0.05, 0) is 42.0 Å². The number of pyridine rings is 1. The number of rotatable bonds is 2. The maximum absolute atomic E-state index is 13.6. The predicted molar refractivity (Wildman–Crippen MR) is 116 cm³/mol. The molecule has 0 atom stereocenters. The number of aromatic nitrogens is 1. The number of carbonyl (C=O) groups is 1. The van der Waals surface area contributed by atoms with Crippen molar-refractivity contribution >= 4 is 40.4 Å². The number of carbonyl (C=O) groups excluding carboxylic acids is 1. The van der Waals surface area contributed by atoms with Crippen molar-refractivity contribution in [2.75, 3.05) is 0 Å². The van der Waals surface area contributed by atoms with Crippen LogP contribution in [0.1, 0.15) is 32.7 Å². The molecule has 0 unspecified atom stereocenters. The molecule has 0 N–H and O–H groups in total. The highest BCUT2D eigenvalue weighted by Gasteiger charge is 2.21. The standard InChI is InChI=1S/C25H15ClFNO2/c26-21-13-23-16(12-22(21)27)7-9-18(28-23)8-5-15-6-10-24-20(11-15)25(29)19-4-2-1-3-17(19)14-30-24/h1-13H,14H2. The van der Waals surface area contributed by atoms with Gasteiger partial charge in [-0.3, -0.25) is 4.79 Å². The summed E-state index contributed by atoms with van der Waals surface area (Å²) in [5.41, 5.74) is 4.25. The lowest BCUT2D eigenvalue weighted by molar-refractivity contribution is 0.103. The lowest BCUT2D eigenvalue weighted by Crippen LogP contribution is -2.02. The largest absolute Gasteiger partial charge is 0.488 e. The van der Waals surface area contributed by atoms with E-state index in [1.807, 2.05) is 54.6 Å². The number of halogens is 2. The molecule has 0 saturated heterocycles. The zero-order valence-electron chi connectivity index (χ0n) is 15.7. The molecule has 3 nitrogen and oxygen atoms in total. The number of hydrogen-bond acceptors (Lipinski definition) is 3. The molecule has 0 radical (unpaired) electrons. The van der Waals surface area contributed by atoms with Crippen molar-refractivity contribution in [3.8, 4) is 5.75 Å². The Morgan fingerprint density at radius 1 is 0.967 bits per heavy atom. The van der Waals surface area contributed by atoms with Crippen LogP contribution in [-0.4, -0.2) is 10.8 Å². The van der Waals surface area contributed by atoms with E-state index in [2.05, 4.69) is 4.98 Å². The third-order valence-corrected chi connectivity index (χ3v) is 5.38. The first-order valence-corrected chi connectivity index (χ1v) is 9.80. The predicted octanol–water partition coefficient (Wildman–Crippen LogP) is 6.32. The van der Waals surface area contributed by atoms with Crippen LogP contribution in [0.4, 0.5) is 4.39 Å². The van der Waals surface area contributed by atoms with Crippen LogP contribution in [0.5, 0.6) is 5.75 Å². The van der Waals surface area contributed by atoms with Gasteiger partial charge in [-0.25, -0.2) is 9.37 Å². The van der Waals surface area contributed by atoms with E-state index < -0.39 is 5.82 Å². The number of ketones is 1. The molecule has 0 bridgehead atoms. The number of hydrogen-bond donors (Lipinski definition) is 0. The van der Waals surface area contributed by atoms with Crippen molar-refractivity contribution in [1.82, 2.24) is 4.98 Å². The SMILES string of the molecule is O=C1c2ccccc2COc2ccc(C=Cc3ccc4cc(F)c(Cl)cc4n3)cc21. The van der Waals surface area contributed by atoms with Gasteiger partial charge in [0.25, 0.3) is 0 Å². The van der Waals surface area contributed by atoms with Gasteiger partial charge in [0, 0.05) is 16.5 Å². The first-order chi connectivity index (χ1) is 14.6. The van der Waals surface area contributed by atoms with Crippen molar-refractivity contribution < 1.29 is 13.9 Å². The van der Waals surface area contributed by atoms with Crippen LogP contribution in [0.15, 0.2) is 66.7 Å². The Bertz CT molecular complexity index is 1350. The Morgan fingerprint density at radius 2 is 1.83 bits per heavy atom. The summed E-state index contributed by atoms with van der Waals surface area (Å²) in [6.07, 6.45) is 3.72. The van der Waals surface area contributed by atoms with E-state index in [0.717, 1.165) is 11.1 Å². The van der Waals surface area contributed by atoms with Crippen molar-refractivity contribution in [3.63, 3.8) is 0 Å². The van der Waals surface area contributed by atoms with Gasteiger partial charge in [-0.1, -0.05) is 54.1 Å². The summed E-state index contributed by atoms with van der Waals surface area (Å²) >= 11 is 5.87. The minimum Gasteiger partial charge on any atom is -0.488 e. The third kappa shape index (κ3) is 3.36. The Hall–Kier alpha value is -3.50. The van der Waals surface area contributed by atoms with Gasteiger partial charge in [0.05, 0.1) is 21.8 Å². The summed E-state index contributed by atoms with van der Waals surface area (Å²) in [4.78, 5) is 17.5. The van der Waals surface area contributed by atoms with Crippen molar-refractivity contribution in [3.05, 3.63) is 106 Å². The maximum atomic E-state index is 13.6. The van der Waals surface area contributed by atoms with Crippen LogP contribution in [0.3, 0.4) is 0 Å². The molecule has 0 saturated carbocycles. The normalized spacial score (nSPS) is 13.1. The van der Waals surface area contributed by atoms with Crippen molar-refractivity contribution in [2.45, 2.75) is 6.61 Å². The molecular formula is C25H15ClFNO2. The topological polar surface area (TPSA) is 39.2 Å². The molecule has 0 aliphatic carbocycles. The van der Waals surface area contributed by atoms with Gasteiger partial charge in [0.2, 0.25) is 0 Å². The summed E-state index contributed by atoms with van der Waals surface area (Å²) in [7, 11) is 0. The summed E-state index contributed by atoms with van der Waals surface area (Å²) in [6, 6.07) is 19.5. The zero-order chi connectivity index (χ0) is 20.7. The van der Waals surface area contributed by atoms with Gasteiger partial charge in [0.1, 0.15) is 18.2 Å². The average Bonchev–Trinajstić information content (AvgIpc) is 2.90. The fraction of sp³-hybridized carbons (Fsp3) is 0.0400. The molecular weight excluding hydrogens is 401 g/mol. The summed E-state index contributed by atoms with van der Waals surface area (Å²) in [5, 5.41) is 0.723. The Morgan fingerprint density at radius 3 is 2.73 bits per heavy atom. The summed E-state index contributed by atoms with van der Waals surface area (Å²) < 4.78 is 19.4. The second kappa shape index (κ2) is 7.39. The first-order valence-electron chi connectivity index (χ1n) is 9.42. The highest BCUT2D eigenvalue weighted by atomic mass is 35.5.